The standard InChI is InChI=1S/C21H24ClF3N2/c22-19-11-14(6-8-20(19)26)5-7-15(17-9-10-27-13-17)12-16-3-1-2-4-18(16)21(23,24)25/h1-4,6,8,11,15,17,27H,5,7,9-10,12-13,26H2/t15?,17-/m0/s1. The van der Waals surface area contributed by atoms with E-state index in [0.717, 1.165) is 37.9 Å². The first kappa shape index (κ1) is 20.0. The summed E-state index contributed by atoms with van der Waals surface area (Å²) in [7, 11) is 0. The summed E-state index contributed by atoms with van der Waals surface area (Å²) >= 11 is 6.10. The van der Waals surface area contributed by atoms with Gasteiger partial charge in [0, 0.05) is 0 Å². The summed E-state index contributed by atoms with van der Waals surface area (Å²) in [6, 6.07) is 11.5. The maximum atomic E-state index is 13.4. The van der Waals surface area contributed by atoms with Gasteiger partial charge in [-0.25, -0.2) is 0 Å². The fraction of sp³-hybridized carbons (Fsp3) is 0.429. The average molecular weight is 397 g/mol. The Morgan fingerprint density at radius 3 is 2.63 bits per heavy atom. The summed E-state index contributed by atoms with van der Waals surface area (Å²) < 4.78 is 40.1. The molecule has 0 aromatic heterocycles. The van der Waals surface area contributed by atoms with E-state index in [0.29, 0.717) is 28.6 Å². The van der Waals surface area contributed by atoms with Crippen molar-refractivity contribution in [3.05, 3.63) is 64.2 Å². The van der Waals surface area contributed by atoms with Crippen LogP contribution in [-0.2, 0) is 19.0 Å². The first-order chi connectivity index (χ1) is 12.8. The molecule has 0 aliphatic carbocycles. The molecule has 1 saturated heterocycles. The summed E-state index contributed by atoms with van der Waals surface area (Å²) in [6.07, 6.45) is -1.29. The fourth-order valence-corrected chi connectivity index (χ4v) is 4.12. The molecule has 2 nitrogen and oxygen atoms in total. The lowest BCUT2D eigenvalue weighted by molar-refractivity contribution is -0.138. The molecule has 2 atom stereocenters. The quantitative estimate of drug-likeness (QED) is 0.646. The molecule has 0 saturated carbocycles. The van der Waals surface area contributed by atoms with Crippen LogP contribution < -0.4 is 11.1 Å². The van der Waals surface area contributed by atoms with Crippen LogP contribution in [0.15, 0.2) is 42.5 Å². The molecule has 3 rings (SSSR count). The minimum atomic E-state index is -4.32. The van der Waals surface area contributed by atoms with Crippen LogP contribution in [0, 0.1) is 11.8 Å². The summed E-state index contributed by atoms with van der Waals surface area (Å²) in [5.41, 5.74) is 7.23. The zero-order valence-electron chi connectivity index (χ0n) is 15.0. The van der Waals surface area contributed by atoms with Crippen LogP contribution in [0.2, 0.25) is 5.02 Å². The van der Waals surface area contributed by atoms with Crippen LogP contribution in [0.1, 0.15) is 29.5 Å². The van der Waals surface area contributed by atoms with E-state index in [4.69, 9.17) is 17.3 Å². The normalized spacial score (nSPS) is 18.6. The molecule has 0 radical (unpaired) electrons. The minimum Gasteiger partial charge on any atom is -0.398 e. The lowest BCUT2D eigenvalue weighted by Crippen LogP contribution is -2.22. The number of benzene rings is 2. The van der Waals surface area contributed by atoms with E-state index in [-0.39, 0.29) is 5.92 Å². The maximum absolute atomic E-state index is 13.4. The Labute approximate surface area is 162 Å². The van der Waals surface area contributed by atoms with Crippen molar-refractivity contribution < 1.29 is 13.2 Å². The predicted octanol–water partition coefficient (Wildman–Crippen LogP) is 5.34. The largest absolute Gasteiger partial charge is 0.416 e. The second-order valence-corrected chi connectivity index (χ2v) is 7.67. The van der Waals surface area contributed by atoms with Crippen molar-refractivity contribution in [2.24, 2.45) is 11.8 Å². The second kappa shape index (κ2) is 8.53. The van der Waals surface area contributed by atoms with Gasteiger partial charge in [0.25, 0.3) is 0 Å². The Hall–Kier alpha value is -1.72. The van der Waals surface area contributed by atoms with Crippen molar-refractivity contribution in [2.75, 3.05) is 18.8 Å². The minimum absolute atomic E-state index is 0.180. The molecule has 0 spiro atoms. The number of aryl methyl sites for hydroxylation is 1. The molecule has 1 fully saturated rings. The van der Waals surface area contributed by atoms with Gasteiger partial charge in [-0.3, -0.25) is 0 Å². The highest BCUT2D eigenvalue weighted by molar-refractivity contribution is 6.33. The second-order valence-electron chi connectivity index (χ2n) is 7.27. The number of rotatable bonds is 6. The SMILES string of the molecule is Nc1ccc(CCC(Cc2ccccc2C(F)(F)F)[C@H]2CCNC2)cc1Cl. The van der Waals surface area contributed by atoms with Crippen molar-refractivity contribution in [2.45, 2.75) is 31.9 Å². The van der Waals surface area contributed by atoms with E-state index >= 15 is 0 Å². The fourth-order valence-electron chi connectivity index (χ4n) is 3.92. The van der Waals surface area contributed by atoms with Crippen LogP contribution in [0.4, 0.5) is 18.9 Å². The molecule has 3 N–H and O–H groups in total. The molecule has 2 aromatic rings. The zero-order valence-corrected chi connectivity index (χ0v) is 15.8. The van der Waals surface area contributed by atoms with Crippen LogP contribution >= 0.6 is 11.6 Å². The van der Waals surface area contributed by atoms with Crippen LogP contribution in [0.5, 0.6) is 0 Å². The Morgan fingerprint density at radius 1 is 1.19 bits per heavy atom. The third-order valence-corrected chi connectivity index (χ3v) is 5.77. The molecule has 1 aliphatic rings. The van der Waals surface area contributed by atoms with E-state index in [9.17, 15) is 13.2 Å². The molecule has 6 heteroatoms. The van der Waals surface area contributed by atoms with Gasteiger partial charge in [-0.1, -0.05) is 35.9 Å². The number of nitrogens with two attached hydrogens (primary N) is 1. The number of nitrogens with one attached hydrogen (secondary N) is 1. The number of hydrogen-bond acceptors (Lipinski definition) is 2. The molecule has 27 heavy (non-hydrogen) atoms. The van der Waals surface area contributed by atoms with Gasteiger partial charge in [-0.15, -0.1) is 0 Å². The smallest absolute Gasteiger partial charge is 0.398 e. The summed E-state index contributed by atoms with van der Waals surface area (Å²) in [6.45, 7) is 1.79. The number of hydrogen-bond donors (Lipinski definition) is 2. The first-order valence-electron chi connectivity index (χ1n) is 9.24. The third-order valence-electron chi connectivity index (χ3n) is 5.44. The van der Waals surface area contributed by atoms with Crippen molar-refractivity contribution in [3.63, 3.8) is 0 Å². The lowest BCUT2D eigenvalue weighted by Gasteiger charge is -2.25. The molecular formula is C21H24ClF3N2. The Kier molecular flexibility index (Phi) is 6.33. The maximum Gasteiger partial charge on any atom is 0.416 e. The molecule has 1 unspecified atom stereocenters. The number of anilines is 1. The van der Waals surface area contributed by atoms with Crippen LogP contribution in [-0.4, -0.2) is 13.1 Å². The summed E-state index contributed by atoms with van der Waals surface area (Å²) in [4.78, 5) is 0. The van der Waals surface area contributed by atoms with Crippen molar-refractivity contribution in [1.29, 1.82) is 0 Å². The van der Waals surface area contributed by atoms with Crippen molar-refractivity contribution in [1.82, 2.24) is 5.32 Å². The summed E-state index contributed by atoms with van der Waals surface area (Å²) in [5.74, 6) is 0.565. The molecule has 146 valence electrons. The Bertz CT molecular complexity index is 770. The molecule has 1 aliphatic heterocycles. The molecule has 0 amide bonds. The van der Waals surface area contributed by atoms with Crippen molar-refractivity contribution >= 4 is 17.3 Å². The van der Waals surface area contributed by atoms with Gasteiger partial charge >= 0.3 is 6.18 Å². The van der Waals surface area contributed by atoms with E-state index in [1.54, 1.807) is 18.2 Å². The van der Waals surface area contributed by atoms with Gasteiger partial charge in [0.15, 0.2) is 0 Å². The number of alkyl halides is 3. The van der Waals surface area contributed by atoms with E-state index in [2.05, 4.69) is 5.32 Å². The number of halogens is 4. The predicted molar refractivity (Wildman–Crippen MR) is 104 cm³/mol. The van der Waals surface area contributed by atoms with Gasteiger partial charge < -0.3 is 11.1 Å². The van der Waals surface area contributed by atoms with Gasteiger partial charge in [0.1, 0.15) is 0 Å². The molecule has 0 bridgehead atoms. The monoisotopic (exact) mass is 396 g/mol. The van der Waals surface area contributed by atoms with Gasteiger partial charge in [-0.2, -0.15) is 13.2 Å². The van der Waals surface area contributed by atoms with Crippen LogP contribution in [0.3, 0.4) is 0 Å². The van der Waals surface area contributed by atoms with Gasteiger partial charge in [0.2, 0.25) is 0 Å². The summed E-state index contributed by atoms with van der Waals surface area (Å²) in [5, 5.41) is 3.86. The Morgan fingerprint density at radius 2 is 1.96 bits per heavy atom. The van der Waals surface area contributed by atoms with E-state index in [1.807, 2.05) is 12.1 Å². The van der Waals surface area contributed by atoms with Gasteiger partial charge in [0.05, 0.1) is 16.3 Å². The molecule has 2 aromatic carbocycles. The van der Waals surface area contributed by atoms with Crippen molar-refractivity contribution in [3.8, 4) is 0 Å². The highest BCUT2D eigenvalue weighted by Gasteiger charge is 2.34. The van der Waals surface area contributed by atoms with Gasteiger partial charge in [-0.05, 0) is 79.9 Å². The topological polar surface area (TPSA) is 38.0 Å². The van der Waals surface area contributed by atoms with E-state index in [1.165, 1.54) is 12.1 Å². The molecular weight excluding hydrogens is 373 g/mol. The average Bonchev–Trinajstić information content (AvgIpc) is 3.15. The zero-order chi connectivity index (χ0) is 19.4. The molecule has 1 heterocycles. The highest BCUT2D eigenvalue weighted by Crippen LogP contribution is 2.35. The first-order valence-corrected chi connectivity index (χ1v) is 9.62. The van der Waals surface area contributed by atoms with Crippen LogP contribution in [0.25, 0.3) is 0 Å². The lowest BCUT2D eigenvalue weighted by atomic mass is 9.81. The number of nitrogen functional groups attached to an aromatic ring is 1. The third kappa shape index (κ3) is 5.17. The van der Waals surface area contributed by atoms with E-state index < -0.39 is 11.7 Å². The highest BCUT2D eigenvalue weighted by atomic mass is 35.5. The Balaban J connectivity index is 1.77.